The van der Waals surface area contributed by atoms with Gasteiger partial charge in [-0.15, -0.1) is 0 Å². The number of rotatable bonds is 6. The number of carbonyl (C=O) groups is 3. The molecule has 1 fully saturated rings. The smallest absolute Gasteiger partial charge is 0.308 e. The number of carbonyl (C=O) groups excluding carboxylic acids is 3. The van der Waals surface area contributed by atoms with Crippen LogP contribution in [0.1, 0.15) is 56.3 Å². The Morgan fingerprint density at radius 1 is 1.24 bits per heavy atom. The summed E-state index contributed by atoms with van der Waals surface area (Å²) >= 11 is 0. The number of likely N-dealkylation sites (tertiary alicyclic amines) is 1. The van der Waals surface area contributed by atoms with Crippen molar-refractivity contribution < 1.29 is 19.1 Å². The predicted octanol–water partition coefficient (Wildman–Crippen LogP) is 2.52. The Balaban J connectivity index is 1.84. The van der Waals surface area contributed by atoms with Crippen molar-refractivity contribution in [3.05, 3.63) is 29.8 Å². The van der Waals surface area contributed by atoms with Gasteiger partial charge in [-0.3, -0.25) is 14.4 Å². The molecule has 1 aromatic carbocycles. The molecule has 1 aromatic rings. The summed E-state index contributed by atoms with van der Waals surface area (Å²) < 4.78 is 5.00. The Hall–Kier alpha value is -2.37. The van der Waals surface area contributed by atoms with Gasteiger partial charge < -0.3 is 15.0 Å². The molecule has 0 saturated carbocycles. The second-order valence-electron chi connectivity index (χ2n) is 6.35. The van der Waals surface area contributed by atoms with Gasteiger partial charge in [0.2, 0.25) is 5.91 Å². The lowest BCUT2D eigenvalue weighted by Gasteiger charge is -2.32. The van der Waals surface area contributed by atoms with Gasteiger partial charge in [0.1, 0.15) is 5.75 Å². The first-order chi connectivity index (χ1) is 12.0. The molecule has 25 heavy (non-hydrogen) atoms. The first-order valence-electron chi connectivity index (χ1n) is 8.86. The van der Waals surface area contributed by atoms with Crippen LogP contribution in [0.25, 0.3) is 0 Å². The molecule has 1 aliphatic heterocycles. The van der Waals surface area contributed by atoms with Crippen molar-refractivity contribution in [1.82, 2.24) is 10.2 Å². The van der Waals surface area contributed by atoms with Crippen LogP contribution in [-0.4, -0.2) is 41.8 Å². The molecule has 0 aliphatic carbocycles. The molecule has 0 aromatic heterocycles. The molecule has 0 atom stereocenters. The zero-order chi connectivity index (χ0) is 18.2. The summed E-state index contributed by atoms with van der Waals surface area (Å²) in [6.45, 7) is 4.76. The summed E-state index contributed by atoms with van der Waals surface area (Å²) in [6, 6.07) is 6.62. The highest BCUT2D eigenvalue weighted by Crippen LogP contribution is 2.16. The van der Waals surface area contributed by atoms with E-state index < -0.39 is 5.97 Å². The van der Waals surface area contributed by atoms with E-state index >= 15 is 0 Å². The third-order valence-corrected chi connectivity index (χ3v) is 4.28. The topological polar surface area (TPSA) is 75.7 Å². The number of amides is 2. The van der Waals surface area contributed by atoms with E-state index in [0.29, 0.717) is 30.8 Å². The number of esters is 1. The molecule has 1 saturated heterocycles. The van der Waals surface area contributed by atoms with E-state index in [1.807, 2.05) is 4.90 Å². The number of piperidine rings is 1. The van der Waals surface area contributed by atoms with Crippen molar-refractivity contribution in [3.8, 4) is 5.75 Å². The highest BCUT2D eigenvalue weighted by atomic mass is 16.5. The third-order valence-electron chi connectivity index (χ3n) is 4.28. The van der Waals surface area contributed by atoms with Crippen LogP contribution in [0.4, 0.5) is 0 Å². The average molecular weight is 346 g/mol. The molecule has 1 N–H and O–H groups in total. The van der Waals surface area contributed by atoms with Crippen molar-refractivity contribution >= 4 is 17.8 Å². The lowest BCUT2D eigenvalue weighted by Crippen LogP contribution is -2.46. The van der Waals surface area contributed by atoms with E-state index in [2.05, 4.69) is 12.2 Å². The first-order valence-corrected chi connectivity index (χ1v) is 8.86. The van der Waals surface area contributed by atoms with Gasteiger partial charge in [-0.2, -0.15) is 0 Å². The zero-order valence-electron chi connectivity index (χ0n) is 14.9. The van der Waals surface area contributed by atoms with Crippen LogP contribution in [0.2, 0.25) is 0 Å². The van der Waals surface area contributed by atoms with Crippen molar-refractivity contribution in [2.75, 3.05) is 13.1 Å². The second-order valence-corrected chi connectivity index (χ2v) is 6.35. The SMILES string of the molecule is CCCCC(=O)N1CCC(NC(=O)c2cccc(OC(C)=O)c2)CC1. The number of nitrogens with one attached hydrogen (secondary N) is 1. The molecule has 0 spiro atoms. The molecule has 1 aliphatic rings. The number of hydrogen-bond donors (Lipinski definition) is 1. The van der Waals surface area contributed by atoms with E-state index in [9.17, 15) is 14.4 Å². The van der Waals surface area contributed by atoms with Gasteiger partial charge in [-0.25, -0.2) is 0 Å². The molecule has 6 heteroatoms. The maximum atomic E-state index is 12.4. The molecule has 6 nitrogen and oxygen atoms in total. The van der Waals surface area contributed by atoms with Crippen LogP contribution >= 0.6 is 0 Å². The number of benzene rings is 1. The fraction of sp³-hybridized carbons (Fsp3) is 0.526. The Morgan fingerprint density at radius 2 is 1.96 bits per heavy atom. The molecule has 0 radical (unpaired) electrons. The van der Waals surface area contributed by atoms with Crippen LogP contribution < -0.4 is 10.1 Å². The Morgan fingerprint density at radius 3 is 2.60 bits per heavy atom. The van der Waals surface area contributed by atoms with Crippen LogP contribution in [-0.2, 0) is 9.59 Å². The number of hydrogen-bond acceptors (Lipinski definition) is 4. The summed E-state index contributed by atoms with van der Waals surface area (Å²) in [5, 5.41) is 3.00. The lowest BCUT2D eigenvalue weighted by molar-refractivity contribution is -0.133. The van der Waals surface area contributed by atoms with Gasteiger partial charge in [-0.1, -0.05) is 19.4 Å². The minimum atomic E-state index is -0.419. The number of nitrogens with zero attached hydrogens (tertiary/aromatic N) is 1. The molecule has 0 bridgehead atoms. The van der Waals surface area contributed by atoms with Gasteiger partial charge in [-0.05, 0) is 37.5 Å². The molecule has 136 valence electrons. The Kier molecular flexibility index (Phi) is 6.98. The van der Waals surface area contributed by atoms with Gasteiger partial charge in [0.05, 0.1) is 0 Å². The predicted molar refractivity (Wildman–Crippen MR) is 94.3 cm³/mol. The molecular weight excluding hydrogens is 320 g/mol. The van der Waals surface area contributed by atoms with Crippen molar-refractivity contribution in [1.29, 1.82) is 0 Å². The fourth-order valence-corrected chi connectivity index (χ4v) is 2.89. The van der Waals surface area contributed by atoms with Crippen LogP contribution in [0, 0.1) is 0 Å². The zero-order valence-corrected chi connectivity index (χ0v) is 14.9. The molecule has 2 rings (SSSR count). The van der Waals surface area contributed by atoms with Gasteiger partial charge >= 0.3 is 5.97 Å². The highest BCUT2D eigenvalue weighted by Gasteiger charge is 2.23. The van der Waals surface area contributed by atoms with Crippen molar-refractivity contribution in [2.24, 2.45) is 0 Å². The van der Waals surface area contributed by atoms with Crippen LogP contribution in [0.15, 0.2) is 24.3 Å². The van der Waals surface area contributed by atoms with Crippen LogP contribution in [0.5, 0.6) is 5.75 Å². The fourth-order valence-electron chi connectivity index (χ4n) is 2.89. The summed E-state index contributed by atoms with van der Waals surface area (Å²) in [6.07, 6.45) is 4.07. The van der Waals surface area contributed by atoms with Gasteiger partial charge in [0.15, 0.2) is 0 Å². The van der Waals surface area contributed by atoms with Gasteiger partial charge in [0.25, 0.3) is 5.91 Å². The summed E-state index contributed by atoms with van der Waals surface area (Å²) in [4.78, 5) is 37.3. The minimum absolute atomic E-state index is 0.0557. The normalized spacial score (nSPS) is 14.9. The lowest BCUT2D eigenvalue weighted by atomic mass is 10.0. The Labute approximate surface area is 148 Å². The van der Waals surface area contributed by atoms with E-state index in [-0.39, 0.29) is 17.9 Å². The van der Waals surface area contributed by atoms with Crippen LogP contribution in [0.3, 0.4) is 0 Å². The summed E-state index contributed by atoms with van der Waals surface area (Å²) in [5.41, 5.74) is 0.459. The first kappa shape index (κ1) is 19.0. The molecule has 1 heterocycles. The highest BCUT2D eigenvalue weighted by molar-refractivity contribution is 5.95. The number of ether oxygens (including phenoxy) is 1. The quantitative estimate of drug-likeness (QED) is 0.634. The molecule has 0 unspecified atom stereocenters. The van der Waals surface area contributed by atoms with Crippen molar-refractivity contribution in [3.63, 3.8) is 0 Å². The van der Waals surface area contributed by atoms with E-state index in [0.717, 1.165) is 25.7 Å². The van der Waals surface area contributed by atoms with Crippen molar-refractivity contribution in [2.45, 2.75) is 52.0 Å². The largest absolute Gasteiger partial charge is 0.427 e. The average Bonchev–Trinajstić information content (AvgIpc) is 2.60. The maximum Gasteiger partial charge on any atom is 0.308 e. The van der Waals surface area contributed by atoms with E-state index in [1.165, 1.54) is 6.92 Å². The maximum absolute atomic E-state index is 12.4. The summed E-state index contributed by atoms with van der Waals surface area (Å²) in [7, 11) is 0. The monoisotopic (exact) mass is 346 g/mol. The number of unbranched alkanes of at least 4 members (excludes halogenated alkanes) is 1. The molecule has 2 amide bonds. The standard InChI is InChI=1S/C19H26N2O4/c1-3-4-8-18(23)21-11-9-16(10-12-21)20-19(24)15-6-5-7-17(13-15)25-14(2)22/h5-7,13,16H,3-4,8-12H2,1-2H3,(H,20,24). The van der Waals surface area contributed by atoms with Gasteiger partial charge in [0, 0.05) is 38.0 Å². The third kappa shape index (κ3) is 5.89. The summed E-state index contributed by atoms with van der Waals surface area (Å²) in [5.74, 6) is -0.0420. The van der Waals surface area contributed by atoms with E-state index in [1.54, 1.807) is 24.3 Å². The van der Waals surface area contributed by atoms with E-state index in [4.69, 9.17) is 4.74 Å². The molecular formula is C19H26N2O4. The second kappa shape index (κ2) is 9.20. The minimum Gasteiger partial charge on any atom is -0.427 e. The Bertz CT molecular complexity index is 622.